The van der Waals surface area contributed by atoms with Crippen LogP contribution in [0.5, 0.6) is 5.75 Å². The van der Waals surface area contributed by atoms with Crippen molar-refractivity contribution in [1.82, 2.24) is 25.9 Å². The number of aliphatic carboxylic acids is 2. The van der Waals surface area contributed by atoms with Crippen molar-refractivity contribution >= 4 is 29.7 Å². The van der Waals surface area contributed by atoms with Gasteiger partial charge >= 0.3 is 11.9 Å². The van der Waals surface area contributed by atoms with Gasteiger partial charge in [-0.3, -0.25) is 19.2 Å². The first-order valence-electron chi connectivity index (χ1n) is 12.7. The van der Waals surface area contributed by atoms with Crippen molar-refractivity contribution in [2.75, 3.05) is 0 Å². The first kappa shape index (κ1) is 31.8. The van der Waals surface area contributed by atoms with Gasteiger partial charge in [-0.2, -0.15) is 0 Å². The zero-order chi connectivity index (χ0) is 29.8. The Labute approximate surface area is 230 Å². The number of nitrogens with two attached hydrogens (primary N) is 1. The summed E-state index contributed by atoms with van der Waals surface area (Å²) in [5.74, 6) is -4.80. The highest BCUT2D eigenvalue weighted by Gasteiger charge is 2.31. The van der Waals surface area contributed by atoms with E-state index < -0.39 is 60.2 Å². The highest BCUT2D eigenvalue weighted by atomic mass is 16.4. The molecule has 2 rings (SSSR count). The number of carboxylic acids is 2. The molecule has 14 nitrogen and oxygen atoms in total. The molecular weight excluding hydrogens is 524 g/mol. The molecule has 1 aromatic heterocycles. The molecule has 40 heavy (non-hydrogen) atoms. The van der Waals surface area contributed by atoms with E-state index in [1.807, 2.05) is 0 Å². The predicted octanol–water partition coefficient (Wildman–Crippen LogP) is -0.322. The number of phenols is 1. The Morgan fingerprint density at radius 1 is 0.900 bits per heavy atom. The highest BCUT2D eigenvalue weighted by Crippen LogP contribution is 2.12. The Kier molecular flexibility index (Phi) is 12.1. The van der Waals surface area contributed by atoms with Crippen LogP contribution in [0, 0.1) is 5.92 Å². The van der Waals surface area contributed by atoms with E-state index in [1.165, 1.54) is 24.7 Å². The molecule has 0 aliphatic rings. The number of nitrogens with zero attached hydrogens (tertiary/aromatic N) is 1. The molecule has 4 atom stereocenters. The minimum atomic E-state index is -1.32. The number of phenolic OH excluding ortho intramolecular Hbond substituents is 1. The summed E-state index contributed by atoms with van der Waals surface area (Å²) in [6.07, 6.45) is 2.25. The summed E-state index contributed by atoms with van der Waals surface area (Å²) >= 11 is 0. The van der Waals surface area contributed by atoms with E-state index in [4.69, 9.17) is 10.8 Å². The lowest BCUT2D eigenvalue weighted by Gasteiger charge is -2.26. The number of rotatable bonds is 16. The Hall–Kier alpha value is -4.46. The second kappa shape index (κ2) is 15.2. The number of hydrogen-bond donors (Lipinski definition) is 8. The SMILES string of the molecule is CC(C)CC(NC(=O)C(CCC(=O)O)NC(=O)C(N)Cc1ccc(O)cc1)C(=O)NC(Cc1cnc[nH]1)C(=O)O. The number of imidazole rings is 1. The van der Waals surface area contributed by atoms with Gasteiger partial charge in [0, 0.05) is 24.7 Å². The third kappa shape index (κ3) is 10.7. The van der Waals surface area contributed by atoms with E-state index in [-0.39, 0.29) is 37.4 Å². The maximum atomic E-state index is 13.2. The zero-order valence-electron chi connectivity index (χ0n) is 22.3. The average molecular weight is 561 g/mol. The molecule has 4 unspecified atom stereocenters. The van der Waals surface area contributed by atoms with E-state index in [0.29, 0.717) is 11.3 Å². The van der Waals surface area contributed by atoms with Crippen LogP contribution >= 0.6 is 0 Å². The molecular formula is C26H36N6O8. The molecule has 2 aromatic rings. The summed E-state index contributed by atoms with van der Waals surface area (Å²) < 4.78 is 0. The molecule has 3 amide bonds. The van der Waals surface area contributed by atoms with Crippen LogP contribution in [0.2, 0.25) is 0 Å². The molecule has 1 aromatic carbocycles. The van der Waals surface area contributed by atoms with Crippen molar-refractivity contribution in [3.8, 4) is 5.75 Å². The number of H-pyrrole nitrogens is 1. The summed E-state index contributed by atoms with van der Waals surface area (Å²) in [6.45, 7) is 3.61. The normalized spacial score (nSPS) is 14.0. The van der Waals surface area contributed by atoms with Crippen molar-refractivity contribution in [3.63, 3.8) is 0 Å². The van der Waals surface area contributed by atoms with Crippen LogP contribution in [-0.4, -0.2) is 79.1 Å². The van der Waals surface area contributed by atoms with Gasteiger partial charge in [-0.1, -0.05) is 26.0 Å². The van der Waals surface area contributed by atoms with Crippen LogP contribution in [0.1, 0.15) is 44.4 Å². The first-order chi connectivity index (χ1) is 18.8. The van der Waals surface area contributed by atoms with Crippen LogP contribution in [0.4, 0.5) is 0 Å². The fraction of sp³-hybridized carbons (Fsp3) is 0.462. The molecule has 0 spiro atoms. The number of amides is 3. The first-order valence-corrected chi connectivity index (χ1v) is 12.7. The number of carbonyl (C=O) groups excluding carboxylic acids is 3. The van der Waals surface area contributed by atoms with Crippen LogP contribution in [0.3, 0.4) is 0 Å². The Morgan fingerprint density at radius 3 is 2.05 bits per heavy atom. The molecule has 0 saturated heterocycles. The summed E-state index contributed by atoms with van der Waals surface area (Å²) in [5, 5.41) is 35.6. The Balaban J connectivity index is 2.13. The largest absolute Gasteiger partial charge is 0.508 e. The number of carbonyl (C=O) groups is 5. The van der Waals surface area contributed by atoms with E-state index in [0.717, 1.165) is 0 Å². The lowest BCUT2D eigenvalue weighted by molar-refractivity contribution is -0.142. The fourth-order valence-electron chi connectivity index (χ4n) is 3.86. The molecule has 0 fully saturated rings. The van der Waals surface area contributed by atoms with Gasteiger partial charge in [-0.05, 0) is 42.9 Å². The van der Waals surface area contributed by atoms with Crippen LogP contribution in [-0.2, 0) is 36.8 Å². The third-order valence-electron chi connectivity index (χ3n) is 5.94. The predicted molar refractivity (Wildman–Crippen MR) is 142 cm³/mol. The van der Waals surface area contributed by atoms with Crippen LogP contribution < -0.4 is 21.7 Å². The second-order valence-electron chi connectivity index (χ2n) is 9.84. The quantitative estimate of drug-likeness (QED) is 0.133. The minimum Gasteiger partial charge on any atom is -0.508 e. The topological polar surface area (TPSA) is 237 Å². The van der Waals surface area contributed by atoms with Crippen LogP contribution in [0.25, 0.3) is 0 Å². The average Bonchev–Trinajstić information content (AvgIpc) is 3.39. The summed E-state index contributed by atoms with van der Waals surface area (Å²) in [7, 11) is 0. The molecule has 9 N–H and O–H groups in total. The third-order valence-corrected chi connectivity index (χ3v) is 5.94. The standard InChI is InChI=1S/C26H36N6O8/c1-14(2)9-20(25(38)32-21(26(39)40)11-16-12-28-13-29-16)31-24(37)19(7-8-22(34)35)30-23(36)18(27)10-15-3-5-17(33)6-4-15/h3-6,12-14,18-21,33H,7-11,27H2,1-2H3,(H,28,29)(H,30,36)(H,31,37)(H,32,38)(H,34,35)(H,39,40). The highest BCUT2D eigenvalue weighted by molar-refractivity contribution is 5.94. The minimum absolute atomic E-state index is 0.0446. The summed E-state index contributed by atoms with van der Waals surface area (Å²) in [5.41, 5.74) is 7.14. The smallest absolute Gasteiger partial charge is 0.326 e. The molecule has 0 bridgehead atoms. The van der Waals surface area contributed by atoms with Gasteiger partial charge in [0.2, 0.25) is 17.7 Å². The summed E-state index contributed by atoms with van der Waals surface area (Å²) in [6, 6.07) is 1.17. The zero-order valence-corrected chi connectivity index (χ0v) is 22.3. The molecule has 0 aliphatic heterocycles. The number of aromatic nitrogens is 2. The van der Waals surface area contributed by atoms with Gasteiger partial charge in [0.05, 0.1) is 12.4 Å². The van der Waals surface area contributed by atoms with E-state index in [9.17, 15) is 34.2 Å². The molecule has 0 aliphatic carbocycles. The molecule has 14 heteroatoms. The molecule has 0 saturated carbocycles. The van der Waals surface area contributed by atoms with Crippen molar-refractivity contribution in [2.24, 2.45) is 11.7 Å². The number of carboxylic acid groups (broad SMARTS) is 2. The lowest BCUT2D eigenvalue weighted by Crippen LogP contribution is -2.57. The molecule has 1 heterocycles. The van der Waals surface area contributed by atoms with Gasteiger partial charge in [-0.25, -0.2) is 9.78 Å². The maximum absolute atomic E-state index is 13.2. The van der Waals surface area contributed by atoms with Crippen molar-refractivity contribution in [2.45, 2.75) is 70.1 Å². The van der Waals surface area contributed by atoms with Gasteiger partial charge in [0.1, 0.15) is 23.9 Å². The number of nitrogens with one attached hydrogen (secondary N) is 4. The van der Waals surface area contributed by atoms with Crippen molar-refractivity contribution < 1.29 is 39.3 Å². The van der Waals surface area contributed by atoms with Gasteiger partial charge in [0.25, 0.3) is 0 Å². The monoisotopic (exact) mass is 560 g/mol. The summed E-state index contributed by atoms with van der Waals surface area (Å²) in [4.78, 5) is 68.6. The van der Waals surface area contributed by atoms with E-state index >= 15 is 0 Å². The van der Waals surface area contributed by atoms with Crippen molar-refractivity contribution in [3.05, 3.63) is 48.0 Å². The fourth-order valence-corrected chi connectivity index (χ4v) is 3.86. The second-order valence-corrected chi connectivity index (χ2v) is 9.84. The molecule has 0 radical (unpaired) electrons. The van der Waals surface area contributed by atoms with E-state index in [2.05, 4.69) is 25.9 Å². The van der Waals surface area contributed by atoms with Gasteiger partial charge in [-0.15, -0.1) is 0 Å². The van der Waals surface area contributed by atoms with Crippen molar-refractivity contribution in [1.29, 1.82) is 0 Å². The number of hydrogen-bond acceptors (Lipinski definition) is 8. The maximum Gasteiger partial charge on any atom is 0.326 e. The Bertz CT molecular complexity index is 1150. The van der Waals surface area contributed by atoms with E-state index in [1.54, 1.807) is 26.0 Å². The van der Waals surface area contributed by atoms with Gasteiger partial charge < -0.3 is 42.0 Å². The number of aromatic hydroxyl groups is 1. The number of benzene rings is 1. The van der Waals surface area contributed by atoms with Crippen LogP contribution in [0.15, 0.2) is 36.8 Å². The lowest BCUT2D eigenvalue weighted by atomic mass is 10.0. The molecule has 218 valence electrons. The van der Waals surface area contributed by atoms with Gasteiger partial charge in [0.15, 0.2) is 0 Å². The Morgan fingerprint density at radius 2 is 1.50 bits per heavy atom. The number of aromatic amines is 1.